The minimum Gasteiger partial charge on any atom is -0.507 e. The van der Waals surface area contributed by atoms with Crippen LogP contribution >= 0.6 is 0 Å². The van der Waals surface area contributed by atoms with Gasteiger partial charge in [0.25, 0.3) is 0 Å². The summed E-state index contributed by atoms with van der Waals surface area (Å²) >= 11 is 0. The van der Waals surface area contributed by atoms with Gasteiger partial charge in [0.2, 0.25) is 0 Å². The lowest BCUT2D eigenvalue weighted by atomic mass is 9.93. The van der Waals surface area contributed by atoms with Crippen LogP contribution in [0.1, 0.15) is 5.56 Å². The van der Waals surface area contributed by atoms with Crippen LogP contribution in [-0.2, 0) is 0 Å². The van der Waals surface area contributed by atoms with Crippen molar-refractivity contribution in [2.24, 2.45) is 0 Å². The molecule has 4 nitrogen and oxygen atoms in total. The Labute approximate surface area is 157 Å². The molecule has 0 saturated heterocycles. The number of phenols is 2. The highest BCUT2D eigenvalue weighted by molar-refractivity contribution is 6.05. The first kappa shape index (κ1) is 17.0. The van der Waals surface area contributed by atoms with E-state index in [2.05, 4.69) is 0 Å². The van der Waals surface area contributed by atoms with Gasteiger partial charge in [-0.3, -0.25) is 0 Å². The smallest absolute Gasteiger partial charge is 0.131 e. The third kappa shape index (κ3) is 2.53. The highest BCUT2D eigenvalue weighted by Crippen LogP contribution is 2.48. The van der Waals surface area contributed by atoms with E-state index in [1.807, 2.05) is 49.4 Å². The van der Waals surface area contributed by atoms with Crippen LogP contribution in [0.15, 0.2) is 54.6 Å². The molecule has 0 fully saturated rings. The summed E-state index contributed by atoms with van der Waals surface area (Å²) in [5, 5.41) is 25.0. The molecule has 0 aliphatic heterocycles. The minimum absolute atomic E-state index is 0.0942. The highest BCUT2D eigenvalue weighted by atomic mass is 16.5. The van der Waals surface area contributed by atoms with Gasteiger partial charge in [-0.05, 0) is 24.6 Å². The van der Waals surface area contributed by atoms with Gasteiger partial charge in [-0.15, -0.1) is 0 Å². The van der Waals surface area contributed by atoms with Crippen molar-refractivity contribution < 1.29 is 19.7 Å². The van der Waals surface area contributed by atoms with Gasteiger partial charge in [0, 0.05) is 32.7 Å². The first-order valence-corrected chi connectivity index (χ1v) is 8.65. The van der Waals surface area contributed by atoms with Crippen molar-refractivity contribution in [3.63, 3.8) is 0 Å². The number of aryl methyl sites for hydroxylation is 1. The van der Waals surface area contributed by atoms with E-state index < -0.39 is 0 Å². The number of hydrogen-bond acceptors (Lipinski definition) is 4. The molecule has 0 aliphatic carbocycles. The maximum Gasteiger partial charge on any atom is 0.131 e. The number of hydrogen-bond donors (Lipinski definition) is 2. The van der Waals surface area contributed by atoms with Crippen LogP contribution in [0.2, 0.25) is 0 Å². The third-order valence-electron chi connectivity index (χ3n) is 5.01. The summed E-state index contributed by atoms with van der Waals surface area (Å²) < 4.78 is 11.1. The van der Waals surface area contributed by atoms with Gasteiger partial charge in [-0.1, -0.05) is 42.5 Å². The molecule has 4 aromatic carbocycles. The molecule has 0 unspecified atom stereocenters. The van der Waals surface area contributed by atoms with Crippen LogP contribution < -0.4 is 9.47 Å². The first-order valence-electron chi connectivity index (χ1n) is 8.65. The molecule has 0 amide bonds. The Morgan fingerprint density at radius 1 is 0.667 bits per heavy atom. The molecule has 0 saturated carbocycles. The Balaban J connectivity index is 2.13. The van der Waals surface area contributed by atoms with Crippen molar-refractivity contribution in [2.45, 2.75) is 6.92 Å². The second kappa shape index (κ2) is 6.40. The zero-order valence-electron chi connectivity index (χ0n) is 15.4. The lowest BCUT2D eigenvalue weighted by molar-refractivity contribution is 0.417. The van der Waals surface area contributed by atoms with E-state index in [0.717, 1.165) is 16.3 Å². The maximum atomic E-state index is 11.1. The van der Waals surface area contributed by atoms with Crippen LogP contribution in [0.25, 0.3) is 32.7 Å². The van der Waals surface area contributed by atoms with Crippen molar-refractivity contribution in [1.82, 2.24) is 0 Å². The van der Waals surface area contributed by atoms with Crippen LogP contribution in [-0.4, -0.2) is 24.4 Å². The largest absolute Gasteiger partial charge is 0.507 e. The Morgan fingerprint density at radius 3 is 1.89 bits per heavy atom. The Hall–Kier alpha value is -3.40. The molecular formula is C23H20O4. The summed E-state index contributed by atoms with van der Waals surface area (Å²) in [5.41, 5.74) is 1.92. The average Bonchev–Trinajstić information content (AvgIpc) is 2.69. The standard InChI is InChI=1S/C23H20O4/c1-13-7-6-10-16-20(27-3)12-18(23(25)21(13)16)17-11-19(26-2)14-8-4-5-9-15(14)22(17)24/h4-12,24-25H,1-3H3. The summed E-state index contributed by atoms with van der Waals surface area (Å²) in [7, 11) is 3.19. The minimum atomic E-state index is 0.0942. The number of phenolic OH excluding ortho intramolecular Hbond substituents is 2. The number of methoxy groups -OCH3 is 2. The summed E-state index contributed by atoms with van der Waals surface area (Å²) in [5.74, 6) is 1.46. The molecular weight excluding hydrogens is 340 g/mol. The first-order chi connectivity index (χ1) is 13.1. The van der Waals surface area contributed by atoms with Crippen LogP contribution in [0.5, 0.6) is 23.0 Å². The molecule has 0 radical (unpaired) electrons. The highest BCUT2D eigenvalue weighted by Gasteiger charge is 2.20. The Bertz CT molecular complexity index is 1180. The molecule has 4 aromatic rings. The van der Waals surface area contributed by atoms with Crippen molar-refractivity contribution in [2.75, 3.05) is 14.2 Å². The quantitative estimate of drug-likeness (QED) is 0.514. The molecule has 0 heterocycles. The zero-order chi connectivity index (χ0) is 19.1. The van der Waals surface area contributed by atoms with E-state index in [1.54, 1.807) is 26.4 Å². The SMILES string of the molecule is COc1cc(-c2cc(OC)c3cccc(C)c3c2O)c(O)c2ccccc12. The second-order valence-corrected chi connectivity index (χ2v) is 6.49. The molecule has 136 valence electrons. The number of benzene rings is 4. The van der Waals surface area contributed by atoms with Crippen molar-refractivity contribution in [3.8, 4) is 34.1 Å². The van der Waals surface area contributed by atoms with Crippen molar-refractivity contribution >= 4 is 21.5 Å². The molecule has 0 aliphatic rings. The average molecular weight is 360 g/mol. The van der Waals surface area contributed by atoms with Crippen LogP contribution in [0.4, 0.5) is 0 Å². The molecule has 0 spiro atoms. The summed E-state index contributed by atoms with van der Waals surface area (Å²) in [6.45, 7) is 1.94. The molecule has 2 N–H and O–H groups in total. The normalized spacial score (nSPS) is 11.1. The molecule has 4 heteroatoms. The van der Waals surface area contributed by atoms with Crippen molar-refractivity contribution in [1.29, 1.82) is 0 Å². The van der Waals surface area contributed by atoms with Crippen molar-refractivity contribution in [3.05, 3.63) is 60.2 Å². The molecule has 0 atom stereocenters. The summed E-state index contributed by atoms with van der Waals surface area (Å²) in [6.07, 6.45) is 0. The van der Waals surface area contributed by atoms with E-state index in [9.17, 15) is 10.2 Å². The van der Waals surface area contributed by atoms with E-state index in [0.29, 0.717) is 33.4 Å². The van der Waals surface area contributed by atoms with Gasteiger partial charge < -0.3 is 19.7 Å². The van der Waals surface area contributed by atoms with Gasteiger partial charge in [0.15, 0.2) is 0 Å². The predicted octanol–water partition coefficient (Wildman–Crippen LogP) is 5.40. The number of rotatable bonds is 3. The van der Waals surface area contributed by atoms with Gasteiger partial charge in [-0.25, -0.2) is 0 Å². The summed E-state index contributed by atoms with van der Waals surface area (Å²) in [6, 6.07) is 16.7. The monoisotopic (exact) mass is 360 g/mol. The Kier molecular flexibility index (Phi) is 4.04. The van der Waals surface area contributed by atoms with Gasteiger partial charge in [0.1, 0.15) is 23.0 Å². The molecule has 4 rings (SSSR count). The number of fused-ring (bicyclic) bond motifs is 2. The number of aromatic hydroxyl groups is 2. The molecule has 0 aromatic heterocycles. The van der Waals surface area contributed by atoms with Gasteiger partial charge >= 0.3 is 0 Å². The summed E-state index contributed by atoms with van der Waals surface area (Å²) in [4.78, 5) is 0. The van der Waals surface area contributed by atoms with Gasteiger partial charge in [-0.2, -0.15) is 0 Å². The lowest BCUT2D eigenvalue weighted by Crippen LogP contribution is -1.93. The van der Waals surface area contributed by atoms with Gasteiger partial charge in [0.05, 0.1) is 14.2 Å². The molecule has 27 heavy (non-hydrogen) atoms. The van der Waals surface area contributed by atoms with Crippen LogP contribution in [0, 0.1) is 6.92 Å². The predicted molar refractivity (Wildman–Crippen MR) is 108 cm³/mol. The topological polar surface area (TPSA) is 58.9 Å². The number of ether oxygens (including phenoxy) is 2. The fourth-order valence-electron chi connectivity index (χ4n) is 3.67. The second-order valence-electron chi connectivity index (χ2n) is 6.49. The fraction of sp³-hybridized carbons (Fsp3) is 0.130. The van der Waals surface area contributed by atoms with E-state index >= 15 is 0 Å². The Morgan fingerprint density at radius 2 is 1.22 bits per heavy atom. The molecule has 0 bridgehead atoms. The lowest BCUT2D eigenvalue weighted by Gasteiger charge is -2.17. The van der Waals surface area contributed by atoms with Crippen LogP contribution in [0.3, 0.4) is 0 Å². The fourth-order valence-corrected chi connectivity index (χ4v) is 3.67. The van der Waals surface area contributed by atoms with E-state index in [4.69, 9.17) is 9.47 Å². The van der Waals surface area contributed by atoms with E-state index in [-0.39, 0.29) is 11.5 Å². The van der Waals surface area contributed by atoms with E-state index in [1.165, 1.54) is 0 Å². The maximum absolute atomic E-state index is 11.1. The third-order valence-corrected chi connectivity index (χ3v) is 5.01. The zero-order valence-corrected chi connectivity index (χ0v) is 15.4.